The number of hydrogen-bond donors (Lipinski definition) is 2. The molecule has 2 aliphatic rings. The first-order chi connectivity index (χ1) is 9.65. The highest BCUT2D eigenvalue weighted by Gasteiger charge is 2.24. The number of aliphatic hydroxyl groups is 1. The van der Waals surface area contributed by atoms with Crippen molar-refractivity contribution in [1.29, 1.82) is 0 Å². The summed E-state index contributed by atoms with van der Waals surface area (Å²) in [6.07, 6.45) is 7.25. The molecule has 0 radical (unpaired) electrons. The molecule has 1 heterocycles. The van der Waals surface area contributed by atoms with E-state index in [-0.39, 0.29) is 17.9 Å². The van der Waals surface area contributed by atoms with E-state index >= 15 is 0 Å². The Kier molecular flexibility index (Phi) is 6.30. The monoisotopic (exact) mass is 282 g/mol. The number of likely N-dealkylation sites (tertiary alicyclic amines) is 1. The van der Waals surface area contributed by atoms with E-state index < -0.39 is 0 Å². The summed E-state index contributed by atoms with van der Waals surface area (Å²) < 4.78 is 0. The van der Waals surface area contributed by atoms with Crippen molar-refractivity contribution < 1.29 is 9.90 Å². The van der Waals surface area contributed by atoms with Crippen LogP contribution in [0.5, 0.6) is 0 Å². The van der Waals surface area contributed by atoms with E-state index in [0.717, 1.165) is 64.2 Å². The number of piperidine rings is 1. The molecule has 4 nitrogen and oxygen atoms in total. The molecule has 0 aromatic rings. The van der Waals surface area contributed by atoms with E-state index in [1.165, 1.54) is 12.8 Å². The van der Waals surface area contributed by atoms with Gasteiger partial charge in [0.05, 0.1) is 6.10 Å². The average molecular weight is 282 g/mol. The number of aliphatic hydroxyl groups excluding tert-OH is 1. The molecule has 2 N–H and O–H groups in total. The second-order valence-electron chi connectivity index (χ2n) is 6.67. The summed E-state index contributed by atoms with van der Waals surface area (Å²) >= 11 is 0. The van der Waals surface area contributed by atoms with Crippen molar-refractivity contribution in [3.63, 3.8) is 0 Å². The van der Waals surface area contributed by atoms with Crippen LogP contribution in [0.15, 0.2) is 0 Å². The third kappa shape index (κ3) is 5.06. The van der Waals surface area contributed by atoms with Crippen LogP contribution in [-0.2, 0) is 4.79 Å². The molecule has 0 aromatic carbocycles. The lowest BCUT2D eigenvalue weighted by molar-refractivity contribution is -0.126. The van der Waals surface area contributed by atoms with Gasteiger partial charge in [-0.05, 0) is 57.4 Å². The fourth-order valence-corrected chi connectivity index (χ4v) is 3.32. The van der Waals surface area contributed by atoms with Gasteiger partial charge in [0.15, 0.2) is 0 Å². The molecule has 116 valence electrons. The highest BCUT2D eigenvalue weighted by molar-refractivity contribution is 5.78. The summed E-state index contributed by atoms with van der Waals surface area (Å²) in [6, 6.07) is 0. The van der Waals surface area contributed by atoms with E-state index in [1.807, 2.05) is 0 Å². The predicted molar refractivity (Wildman–Crippen MR) is 80.4 cm³/mol. The number of nitrogens with zero attached hydrogens (tertiary/aromatic N) is 1. The van der Waals surface area contributed by atoms with Crippen LogP contribution in [0, 0.1) is 11.8 Å². The van der Waals surface area contributed by atoms with E-state index in [2.05, 4.69) is 17.1 Å². The Hall–Kier alpha value is -0.610. The van der Waals surface area contributed by atoms with Gasteiger partial charge in [0.2, 0.25) is 5.91 Å². The lowest BCUT2D eigenvalue weighted by Crippen LogP contribution is -2.38. The first kappa shape index (κ1) is 15.8. The van der Waals surface area contributed by atoms with Gasteiger partial charge < -0.3 is 15.3 Å². The van der Waals surface area contributed by atoms with Crippen LogP contribution in [0.2, 0.25) is 0 Å². The minimum Gasteiger partial charge on any atom is -0.393 e. The molecule has 0 bridgehead atoms. The summed E-state index contributed by atoms with van der Waals surface area (Å²) in [5.74, 6) is 1.33. The van der Waals surface area contributed by atoms with Crippen molar-refractivity contribution in [2.45, 2.75) is 58.0 Å². The normalized spacial score (nSPS) is 29.3. The quantitative estimate of drug-likeness (QED) is 0.756. The summed E-state index contributed by atoms with van der Waals surface area (Å²) in [6.45, 7) is 6.10. The summed E-state index contributed by atoms with van der Waals surface area (Å²) in [4.78, 5) is 14.4. The zero-order valence-corrected chi connectivity index (χ0v) is 12.8. The fraction of sp³-hybridized carbons (Fsp3) is 0.938. The maximum Gasteiger partial charge on any atom is 0.223 e. The van der Waals surface area contributed by atoms with Gasteiger partial charge in [-0.2, -0.15) is 0 Å². The van der Waals surface area contributed by atoms with Crippen LogP contribution in [0.3, 0.4) is 0 Å². The molecule has 2 rings (SSSR count). The highest BCUT2D eigenvalue weighted by atomic mass is 16.3. The minimum atomic E-state index is -0.0976. The molecule has 1 amide bonds. The van der Waals surface area contributed by atoms with Gasteiger partial charge in [-0.3, -0.25) is 4.79 Å². The Bertz CT molecular complexity index is 293. The number of hydrogen-bond acceptors (Lipinski definition) is 3. The van der Waals surface area contributed by atoms with Gasteiger partial charge in [-0.15, -0.1) is 0 Å². The number of amides is 1. The Morgan fingerprint density at radius 2 is 1.80 bits per heavy atom. The largest absolute Gasteiger partial charge is 0.393 e. The lowest BCUT2D eigenvalue weighted by atomic mass is 9.82. The molecule has 0 aromatic heterocycles. The molecule has 0 atom stereocenters. The Balaban J connectivity index is 1.53. The minimum absolute atomic E-state index is 0.0976. The van der Waals surface area contributed by atoms with E-state index in [1.54, 1.807) is 0 Å². The second kappa shape index (κ2) is 7.99. The molecule has 2 fully saturated rings. The molecule has 20 heavy (non-hydrogen) atoms. The number of carbonyl (C=O) groups excluding carboxylic acids is 1. The molecule has 0 spiro atoms. The molecule has 0 unspecified atom stereocenters. The smallest absolute Gasteiger partial charge is 0.223 e. The summed E-state index contributed by atoms with van der Waals surface area (Å²) in [7, 11) is 0. The number of nitrogens with one attached hydrogen (secondary N) is 1. The zero-order chi connectivity index (χ0) is 14.4. The van der Waals surface area contributed by atoms with Gasteiger partial charge in [-0.25, -0.2) is 0 Å². The molecule has 1 aliphatic heterocycles. The van der Waals surface area contributed by atoms with E-state index in [0.29, 0.717) is 0 Å². The topological polar surface area (TPSA) is 52.6 Å². The Morgan fingerprint density at radius 1 is 1.15 bits per heavy atom. The second-order valence-corrected chi connectivity index (χ2v) is 6.67. The molecule has 1 saturated carbocycles. The third-order valence-electron chi connectivity index (χ3n) is 4.89. The number of rotatable bonds is 5. The molecule has 1 saturated heterocycles. The van der Waals surface area contributed by atoms with Gasteiger partial charge in [0.25, 0.3) is 0 Å². The van der Waals surface area contributed by atoms with Gasteiger partial charge in [0, 0.05) is 25.6 Å². The van der Waals surface area contributed by atoms with Crippen LogP contribution in [-0.4, -0.2) is 48.2 Å². The number of carbonyl (C=O) groups is 1. The Labute approximate surface area is 122 Å². The van der Waals surface area contributed by atoms with Crippen LogP contribution in [0.4, 0.5) is 0 Å². The first-order valence-corrected chi connectivity index (χ1v) is 8.33. The first-order valence-electron chi connectivity index (χ1n) is 8.33. The van der Waals surface area contributed by atoms with Crippen molar-refractivity contribution >= 4 is 5.91 Å². The Morgan fingerprint density at radius 3 is 2.45 bits per heavy atom. The fourth-order valence-electron chi connectivity index (χ4n) is 3.32. The van der Waals surface area contributed by atoms with Crippen LogP contribution < -0.4 is 5.32 Å². The van der Waals surface area contributed by atoms with Gasteiger partial charge in [0.1, 0.15) is 0 Å². The van der Waals surface area contributed by atoms with Crippen LogP contribution in [0.1, 0.15) is 51.9 Å². The molecular weight excluding hydrogens is 252 g/mol. The summed E-state index contributed by atoms with van der Waals surface area (Å²) in [5, 5.41) is 12.6. The molecular formula is C16H30N2O2. The maximum atomic E-state index is 12.0. The van der Waals surface area contributed by atoms with Gasteiger partial charge in [-0.1, -0.05) is 6.92 Å². The predicted octanol–water partition coefficient (Wildman–Crippen LogP) is 1.78. The highest BCUT2D eigenvalue weighted by Crippen LogP contribution is 2.28. The lowest BCUT2D eigenvalue weighted by Gasteiger charge is -2.29. The average Bonchev–Trinajstić information content (AvgIpc) is 2.46. The van der Waals surface area contributed by atoms with Crippen LogP contribution in [0.25, 0.3) is 0 Å². The van der Waals surface area contributed by atoms with Crippen molar-refractivity contribution in [3.05, 3.63) is 0 Å². The maximum absolute atomic E-state index is 12.0. The molecule has 1 aliphatic carbocycles. The van der Waals surface area contributed by atoms with E-state index in [9.17, 15) is 9.90 Å². The standard InChI is InChI=1S/C16H30N2O2/c1-13-3-5-14(6-4-13)16(20)17-9-2-10-18-11-7-15(19)8-12-18/h13-15,19H,2-12H2,1H3,(H,17,20). The molecule has 4 heteroatoms. The van der Waals surface area contributed by atoms with E-state index in [4.69, 9.17) is 0 Å². The van der Waals surface area contributed by atoms with Gasteiger partial charge >= 0.3 is 0 Å². The van der Waals surface area contributed by atoms with Crippen molar-refractivity contribution in [3.8, 4) is 0 Å². The van der Waals surface area contributed by atoms with Crippen LogP contribution >= 0.6 is 0 Å². The third-order valence-corrected chi connectivity index (χ3v) is 4.89. The van der Waals surface area contributed by atoms with Crippen molar-refractivity contribution in [1.82, 2.24) is 10.2 Å². The SMILES string of the molecule is CC1CCC(C(=O)NCCCN2CCC(O)CC2)CC1. The van der Waals surface area contributed by atoms with Crippen molar-refractivity contribution in [2.24, 2.45) is 11.8 Å². The van der Waals surface area contributed by atoms with Crippen molar-refractivity contribution in [2.75, 3.05) is 26.2 Å². The summed E-state index contributed by atoms with van der Waals surface area (Å²) in [5.41, 5.74) is 0. The zero-order valence-electron chi connectivity index (χ0n) is 12.8.